The van der Waals surface area contributed by atoms with Gasteiger partial charge in [0, 0.05) is 6.92 Å². The highest BCUT2D eigenvalue weighted by molar-refractivity contribution is 5.72. The summed E-state index contributed by atoms with van der Waals surface area (Å²) in [7, 11) is 1.22. The van der Waals surface area contributed by atoms with Crippen LogP contribution in [0.25, 0.3) is 0 Å². The Morgan fingerprint density at radius 3 is 2.53 bits per heavy atom. The minimum Gasteiger partial charge on any atom is -0.569 e. The van der Waals surface area contributed by atoms with Gasteiger partial charge in [0.2, 0.25) is 5.28 Å². The number of hydrazine groups is 1. The van der Waals surface area contributed by atoms with Crippen molar-refractivity contribution < 1.29 is 34.0 Å². The van der Waals surface area contributed by atoms with Crippen LogP contribution in [-0.4, -0.2) is 53.2 Å². The Morgan fingerprint density at radius 1 is 1.47 bits per heavy atom. The molecule has 0 saturated heterocycles. The molecular formula is C9H17N3O7. The largest absolute Gasteiger partial charge is 0.569 e. The molecule has 0 heterocycles. The molecule has 19 heavy (non-hydrogen) atoms. The van der Waals surface area contributed by atoms with Gasteiger partial charge in [0.1, 0.15) is 0 Å². The number of likely N-dealkylation sites (N-methyl/N-ethyl adjacent to an activating group) is 1. The third-order valence-electron chi connectivity index (χ3n) is 1.98. The van der Waals surface area contributed by atoms with Gasteiger partial charge in [0.15, 0.2) is 6.04 Å². The average Bonchev–Trinajstić information content (AvgIpc) is 2.34. The number of carbonyl (C=O) groups excluding carboxylic acids is 1. The van der Waals surface area contributed by atoms with Gasteiger partial charge in [-0.3, -0.25) is 4.84 Å². The van der Waals surface area contributed by atoms with Gasteiger partial charge in [-0.05, 0) is 13.8 Å². The van der Waals surface area contributed by atoms with E-state index < -0.39 is 24.5 Å². The molecule has 0 saturated carbocycles. The van der Waals surface area contributed by atoms with Gasteiger partial charge in [-0.25, -0.2) is 9.59 Å². The summed E-state index contributed by atoms with van der Waals surface area (Å²) >= 11 is 0. The number of carbonyl (C=O) groups is 2. The van der Waals surface area contributed by atoms with Crippen LogP contribution in [0.5, 0.6) is 0 Å². The fourth-order valence-electron chi connectivity index (χ4n) is 0.781. The number of hydrogen-bond donors (Lipinski definition) is 1. The summed E-state index contributed by atoms with van der Waals surface area (Å²) in [6.07, 6.45) is -2.11. The third-order valence-corrected chi connectivity index (χ3v) is 1.98. The second-order valence-corrected chi connectivity index (χ2v) is 3.40. The van der Waals surface area contributed by atoms with E-state index in [0.29, 0.717) is 0 Å². The van der Waals surface area contributed by atoms with Gasteiger partial charge in [0.05, 0.1) is 18.6 Å². The van der Waals surface area contributed by atoms with E-state index in [9.17, 15) is 14.8 Å². The molecule has 0 fully saturated rings. The smallest absolute Gasteiger partial charge is 0.511 e. The van der Waals surface area contributed by atoms with Crippen LogP contribution in [0.2, 0.25) is 0 Å². The van der Waals surface area contributed by atoms with Crippen molar-refractivity contribution in [2.24, 2.45) is 5.28 Å². The van der Waals surface area contributed by atoms with Gasteiger partial charge in [-0.15, -0.1) is 5.01 Å². The molecule has 2 atom stereocenters. The average molecular weight is 279 g/mol. The van der Waals surface area contributed by atoms with Gasteiger partial charge in [-0.2, -0.15) is 0 Å². The van der Waals surface area contributed by atoms with E-state index in [2.05, 4.69) is 19.6 Å². The van der Waals surface area contributed by atoms with Crippen molar-refractivity contribution in [3.8, 4) is 0 Å². The van der Waals surface area contributed by atoms with Crippen molar-refractivity contribution in [1.82, 2.24) is 5.01 Å². The van der Waals surface area contributed by atoms with E-state index in [1.54, 1.807) is 6.92 Å². The summed E-state index contributed by atoms with van der Waals surface area (Å²) in [4.78, 5) is 26.0. The van der Waals surface area contributed by atoms with E-state index in [1.807, 2.05) is 0 Å². The van der Waals surface area contributed by atoms with Crippen LogP contribution in [-0.2, 0) is 19.1 Å². The normalized spacial score (nSPS) is 14.2. The van der Waals surface area contributed by atoms with Crippen LogP contribution >= 0.6 is 0 Å². The number of carboxylic acids is 1. The standard InChI is InChI=1S/C9H17N3O7/c1-5-17-9(15)18-7(3)19-10-12(16)11(4)6(2)8(13)14/h6-7H,5H2,1-4H3,(H,13,14)/b12-10-/t6-,7?/m0/s1. The first-order valence-corrected chi connectivity index (χ1v) is 5.42. The van der Waals surface area contributed by atoms with E-state index >= 15 is 0 Å². The highest BCUT2D eigenvalue weighted by Crippen LogP contribution is 2.01. The molecular weight excluding hydrogens is 262 g/mol. The molecule has 1 unspecified atom stereocenters. The molecule has 0 spiro atoms. The van der Waals surface area contributed by atoms with Crippen molar-refractivity contribution in [3.05, 3.63) is 5.21 Å². The Balaban J connectivity index is 4.30. The topological polar surface area (TPSA) is 124 Å². The minimum atomic E-state index is -1.20. The fraction of sp³-hybridized carbons (Fsp3) is 0.778. The number of rotatable bonds is 7. The minimum absolute atomic E-state index is 0.0657. The van der Waals surface area contributed by atoms with Gasteiger partial charge in [-0.1, -0.05) is 0 Å². The van der Waals surface area contributed by atoms with Crippen molar-refractivity contribution in [2.45, 2.75) is 33.1 Å². The second-order valence-electron chi connectivity index (χ2n) is 3.40. The molecule has 1 N–H and O–H groups in total. The van der Waals surface area contributed by atoms with Gasteiger partial charge < -0.3 is 19.8 Å². The van der Waals surface area contributed by atoms with Crippen LogP contribution in [0, 0.1) is 5.21 Å². The lowest BCUT2D eigenvalue weighted by molar-refractivity contribution is -0.711. The fourth-order valence-corrected chi connectivity index (χ4v) is 0.781. The summed E-state index contributed by atoms with van der Waals surface area (Å²) in [5, 5.41) is 23.8. The Bertz CT molecular complexity index is 347. The van der Waals surface area contributed by atoms with Crippen LogP contribution in [0.15, 0.2) is 5.28 Å². The van der Waals surface area contributed by atoms with Gasteiger partial charge >= 0.3 is 12.1 Å². The SMILES string of the molecule is CCOC(=O)OC(C)O/N=[N+](\[O-])N(C)[C@@H](C)C(=O)O. The number of carboxylic acid groups (broad SMARTS) is 1. The molecule has 0 radical (unpaired) electrons. The highest BCUT2D eigenvalue weighted by Gasteiger charge is 2.23. The Morgan fingerprint density at radius 2 is 2.05 bits per heavy atom. The highest BCUT2D eigenvalue weighted by atomic mass is 16.8. The van der Waals surface area contributed by atoms with Crippen molar-refractivity contribution in [2.75, 3.05) is 13.7 Å². The maximum atomic E-state index is 11.3. The molecule has 10 heteroatoms. The van der Waals surface area contributed by atoms with E-state index in [1.165, 1.54) is 20.9 Å². The zero-order valence-electron chi connectivity index (χ0n) is 11.1. The molecule has 110 valence electrons. The number of aliphatic carboxylic acids is 1. The molecule has 0 aliphatic carbocycles. The van der Waals surface area contributed by atoms with E-state index in [0.717, 1.165) is 5.01 Å². The lowest BCUT2D eigenvalue weighted by Gasteiger charge is -2.17. The van der Waals surface area contributed by atoms with Crippen LogP contribution in [0.1, 0.15) is 20.8 Å². The maximum absolute atomic E-state index is 11.3. The molecule has 0 amide bonds. The van der Waals surface area contributed by atoms with Crippen LogP contribution in [0.4, 0.5) is 4.79 Å². The molecule has 10 nitrogen and oxygen atoms in total. The molecule has 0 bridgehead atoms. The predicted molar refractivity (Wildman–Crippen MR) is 59.6 cm³/mol. The number of ether oxygens (including phenoxy) is 2. The summed E-state index contributed by atoms with van der Waals surface area (Å²) in [6, 6.07) is -1.09. The molecule has 0 rings (SSSR count). The monoisotopic (exact) mass is 279 g/mol. The van der Waals surface area contributed by atoms with Crippen LogP contribution < -0.4 is 0 Å². The van der Waals surface area contributed by atoms with Gasteiger partial charge in [0.25, 0.3) is 6.29 Å². The molecule has 0 aliphatic rings. The summed E-state index contributed by atoms with van der Waals surface area (Å²) in [6.45, 7) is 4.34. The molecule has 0 aromatic rings. The first-order chi connectivity index (χ1) is 8.79. The van der Waals surface area contributed by atoms with E-state index in [4.69, 9.17) is 5.11 Å². The lowest BCUT2D eigenvalue weighted by Crippen LogP contribution is -2.40. The Hall–Kier alpha value is -2.26. The maximum Gasteiger partial charge on any atom is 0.511 e. The number of hydrogen-bond acceptors (Lipinski definition) is 7. The first kappa shape index (κ1) is 16.7. The number of nitrogens with zero attached hydrogens (tertiary/aromatic N) is 3. The third kappa shape index (κ3) is 6.29. The summed E-state index contributed by atoms with van der Waals surface area (Å²) in [5.41, 5.74) is 0. The zero-order valence-corrected chi connectivity index (χ0v) is 11.1. The zero-order chi connectivity index (χ0) is 15.0. The molecule has 0 aromatic heterocycles. The summed E-state index contributed by atoms with van der Waals surface area (Å²) < 4.78 is 9.03. The first-order valence-electron chi connectivity index (χ1n) is 5.42. The predicted octanol–water partition coefficient (Wildman–Crippen LogP) is 0.720. The molecule has 0 aliphatic heterocycles. The quantitative estimate of drug-likeness (QED) is 0.237. The van der Waals surface area contributed by atoms with Crippen molar-refractivity contribution in [3.63, 3.8) is 0 Å². The Labute approximate surface area is 109 Å². The van der Waals surface area contributed by atoms with Crippen molar-refractivity contribution >= 4 is 12.1 Å². The molecule has 0 aromatic carbocycles. The Kier molecular flexibility index (Phi) is 7.00. The van der Waals surface area contributed by atoms with Crippen molar-refractivity contribution in [1.29, 1.82) is 0 Å². The summed E-state index contributed by atoms with van der Waals surface area (Å²) in [5.74, 6) is -1.20. The van der Waals surface area contributed by atoms with E-state index in [-0.39, 0.29) is 11.6 Å². The lowest BCUT2D eigenvalue weighted by atomic mass is 10.3. The van der Waals surface area contributed by atoms with Crippen LogP contribution in [0.3, 0.4) is 0 Å². The second kappa shape index (κ2) is 7.95.